The molecular weight excluding hydrogens is 260 g/mol. The summed E-state index contributed by atoms with van der Waals surface area (Å²) in [7, 11) is 0. The molecule has 0 bridgehead atoms. The van der Waals surface area contributed by atoms with Crippen LogP contribution in [0.15, 0.2) is 60.8 Å². The van der Waals surface area contributed by atoms with Crippen LogP contribution in [-0.2, 0) is 0 Å². The maximum Gasteiger partial charge on any atom is 0.143 e. The molecule has 0 amide bonds. The van der Waals surface area contributed by atoms with Crippen molar-refractivity contribution in [2.45, 2.75) is 20.0 Å². The summed E-state index contributed by atoms with van der Waals surface area (Å²) in [5.74, 6) is 0.848. The Morgan fingerprint density at radius 2 is 1.67 bits per heavy atom. The molecule has 3 rings (SSSR count). The topological polar surface area (TPSA) is 34.1 Å². The predicted octanol–water partition coefficient (Wildman–Crippen LogP) is 4.77. The van der Waals surface area contributed by atoms with Crippen LogP contribution in [0.2, 0.25) is 0 Å². The van der Waals surface area contributed by atoms with Crippen molar-refractivity contribution in [2.75, 3.05) is 5.32 Å². The molecule has 1 aromatic heterocycles. The highest BCUT2D eigenvalue weighted by Gasteiger charge is 2.07. The molecular formula is C18H18N2O. The highest BCUT2D eigenvalue weighted by molar-refractivity contribution is 5.92. The third kappa shape index (κ3) is 2.97. The molecule has 3 aromatic rings. The average Bonchev–Trinajstić information content (AvgIpc) is 2.49. The quantitative estimate of drug-likeness (QED) is 0.746. The van der Waals surface area contributed by atoms with Crippen molar-refractivity contribution in [3.05, 3.63) is 60.8 Å². The normalized spacial score (nSPS) is 10.8. The van der Waals surface area contributed by atoms with Gasteiger partial charge in [-0.25, -0.2) is 0 Å². The van der Waals surface area contributed by atoms with Gasteiger partial charge in [-0.3, -0.25) is 4.98 Å². The van der Waals surface area contributed by atoms with Crippen molar-refractivity contribution in [3.8, 4) is 5.75 Å². The van der Waals surface area contributed by atoms with Crippen LogP contribution in [0.3, 0.4) is 0 Å². The highest BCUT2D eigenvalue weighted by atomic mass is 16.5. The zero-order valence-corrected chi connectivity index (χ0v) is 12.2. The fraction of sp³-hybridized carbons (Fsp3) is 0.167. The molecule has 21 heavy (non-hydrogen) atoms. The number of pyridine rings is 1. The van der Waals surface area contributed by atoms with Crippen LogP contribution in [-0.4, -0.2) is 11.1 Å². The maximum absolute atomic E-state index is 5.85. The Morgan fingerprint density at radius 1 is 0.905 bits per heavy atom. The first-order valence-electron chi connectivity index (χ1n) is 7.10. The fourth-order valence-electron chi connectivity index (χ4n) is 2.28. The zero-order chi connectivity index (χ0) is 14.7. The summed E-state index contributed by atoms with van der Waals surface area (Å²) in [5, 5.41) is 4.55. The van der Waals surface area contributed by atoms with Crippen LogP contribution >= 0.6 is 0 Å². The van der Waals surface area contributed by atoms with Gasteiger partial charge in [0.25, 0.3) is 0 Å². The number of ether oxygens (including phenoxy) is 1. The monoisotopic (exact) mass is 278 g/mol. The van der Waals surface area contributed by atoms with Gasteiger partial charge < -0.3 is 10.1 Å². The molecule has 2 aromatic carbocycles. The fourth-order valence-corrected chi connectivity index (χ4v) is 2.28. The first kappa shape index (κ1) is 13.4. The average molecular weight is 278 g/mol. The smallest absolute Gasteiger partial charge is 0.143 e. The van der Waals surface area contributed by atoms with E-state index < -0.39 is 0 Å². The molecule has 1 heterocycles. The molecule has 3 heteroatoms. The van der Waals surface area contributed by atoms with Gasteiger partial charge in [0.05, 0.1) is 23.0 Å². The van der Waals surface area contributed by atoms with Crippen LogP contribution in [0.5, 0.6) is 5.75 Å². The zero-order valence-electron chi connectivity index (χ0n) is 12.2. The molecule has 0 aliphatic rings. The largest absolute Gasteiger partial charge is 0.489 e. The molecule has 0 unspecified atom stereocenters. The first-order valence-corrected chi connectivity index (χ1v) is 7.10. The summed E-state index contributed by atoms with van der Waals surface area (Å²) in [6.45, 7) is 4.05. The number of rotatable bonds is 4. The SMILES string of the molecule is CC(C)Oc1ccccc1Nc1cccc2cccnc12. The predicted molar refractivity (Wildman–Crippen MR) is 87.2 cm³/mol. The van der Waals surface area contributed by atoms with E-state index in [2.05, 4.69) is 22.4 Å². The minimum absolute atomic E-state index is 0.138. The van der Waals surface area contributed by atoms with Gasteiger partial charge in [0.2, 0.25) is 0 Å². The highest BCUT2D eigenvalue weighted by Crippen LogP contribution is 2.30. The van der Waals surface area contributed by atoms with Gasteiger partial charge in [0.1, 0.15) is 5.75 Å². The Kier molecular flexibility index (Phi) is 3.73. The lowest BCUT2D eigenvalue weighted by molar-refractivity contribution is 0.244. The van der Waals surface area contributed by atoms with E-state index in [-0.39, 0.29) is 6.10 Å². The Labute approximate surface area is 124 Å². The first-order chi connectivity index (χ1) is 10.2. The van der Waals surface area contributed by atoms with Crippen LogP contribution in [0.25, 0.3) is 10.9 Å². The number of fused-ring (bicyclic) bond motifs is 1. The molecule has 0 spiro atoms. The van der Waals surface area contributed by atoms with Crippen molar-refractivity contribution in [3.63, 3.8) is 0 Å². The second kappa shape index (κ2) is 5.83. The van der Waals surface area contributed by atoms with Crippen LogP contribution in [0.1, 0.15) is 13.8 Å². The summed E-state index contributed by atoms with van der Waals surface area (Å²) in [6, 6.07) is 18.1. The summed E-state index contributed by atoms with van der Waals surface area (Å²) in [4.78, 5) is 4.46. The van der Waals surface area contributed by atoms with Crippen LogP contribution in [0.4, 0.5) is 11.4 Å². The van der Waals surface area contributed by atoms with Gasteiger partial charge in [0.15, 0.2) is 0 Å². The minimum atomic E-state index is 0.138. The van der Waals surface area contributed by atoms with Crippen molar-refractivity contribution in [1.82, 2.24) is 4.98 Å². The maximum atomic E-state index is 5.85. The second-order valence-corrected chi connectivity index (χ2v) is 5.17. The molecule has 1 N–H and O–H groups in total. The summed E-state index contributed by atoms with van der Waals surface area (Å²) in [6.07, 6.45) is 1.95. The van der Waals surface area contributed by atoms with E-state index in [0.29, 0.717) is 0 Å². The molecule has 0 fully saturated rings. The number of hydrogen-bond donors (Lipinski definition) is 1. The molecule has 0 aliphatic heterocycles. The van der Waals surface area contributed by atoms with E-state index in [0.717, 1.165) is 28.0 Å². The van der Waals surface area contributed by atoms with Gasteiger partial charge in [-0.15, -0.1) is 0 Å². The molecule has 106 valence electrons. The number of nitrogens with zero attached hydrogens (tertiary/aromatic N) is 1. The Balaban J connectivity index is 1.99. The van der Waals surface area contributed by atoms with Gasteiger partial charge in [-0.2, -0.15) is 0 Å². The number of aromatic nitrogens is 1. The van der Waals surface area contributed by atoms with Crippen LogP contribution < -0.4 is 10.1 Å². The van der Waals surface area contributed by atoms with Crippen LogP contribution in [0, 0.1) is 0 Å². The minimum Gasteiger partial charge on any atom is -0.489 e. The van der Waals surface area contributed by atoms with Gasteiger partial charge >= 0.3 is 0 Å². The summed E-state index contributed by atoms with van der Waals surface area (Å²) >= 11 is 0. The number of hydrogen-bond acceptors (Lipinski definition) is 3. The standard InChI is InChI=1S/C18H18N2O/c1-13(2)21-17-11-4-3-9-15(17)20-16-10-5-7-14-8-6-12-19-18(14)16/h3-13,20H,1-2H3. The van der Waals surface area contributed by atoms with Gasteiger partial charge in [-0.1, -0.05) is 30.3 Å². The third-order valence-electron chi connectivity index (χ3n) is 3.15. The molecule has 3 nitrogen and oxygen atoms in total. The van der Waals surface area contributed by atoms with E-state index in [1.54, 1.807) is 0 Å². The van der Waals surface area contributed by atoms with E-state index in [4.69, 9.17) is 4.74 Å². The number of benzene rings is 2. The van der Waals surface area contributed by atoms with E-state index in [1.165, 1.54) is 0 Å². The van der Waals surface area contributed by atoms with E-state index in [9.17, 15) is 0 Å². The van der Waals surface area contributed by atoms with Gasteiger partial charge in [-0.05, 0) is 38.1 Å². The Hall–Kier alpha value is -2.55. The molecule has 0 saturated carbocycles. The molecule has 0 atom stereocenters. The lowest BCUT2D eigenvalue weighted by Crippen LogP contribution is -2.07. The summed E-state index contributed by atoms with van der Waals surface area (Å²) < 4.78 is 5.85. The number of nitrogens with one attached hydrogen (secondary N) is 1. The van der Waals surface area contributed by atoms with Crippen molar-refractivity contribution in [1.29, 1.82) is 0 Å². The number of para-hydroxylation sites is 3. The molecule has 0 saturated heterocycles. The number of anilines is 2. The molecule has 0 aliphatic carbocycles. The second-order valence-electron chi connectivity index (χ2n) is 5.17. The lowest BCUT2D eigenvalue weighted by Gasteiger charge is -2.16. The van der Waals surface area contributed by atoms with Crippen molar-refractivity contribution >= 4 is 22.3 Å². The van der Waals surface area contributed by atoms with E-state index >= 15 is 0 Å². The molecule has 0 radical (unpaired) electrons. The Bertz CT molecular complexity index is 748. The Morgan fingerprint density at radius 3 is 2.52 bits per heavy atom. The summed E-state index contributed by atoms with van der Waals surface area (Å²) in [5.41, 5.74) is 2.89. The van der Waals surface area contributed by atoms with Gasteiger partial charge in [0, 0.05) is 11.6 Å². The lowest BCUT2D eigenvalue weighted by atomic mass is 10.2. The van der Waals surface area contributed by atoms with Crippen molar-refractivity contribution < 1.29 is 4.74 Å². The third-order valence-corrected chi connectivity index (χ3v) is 3.15. The van der Waals surface area contributed by atoms with Crippen molar-refractivity contribution in [2.24, 2.45) is 0 Å². The van der Waals surface area contributed by atoms with E-state index in [1.807, 2.05) is 62.5 Å².